The minimum atomic E-state index is -3.84. The first-order valence-electron chi connectivity index (χ1n) is 11.7. The largest absolute Gasteiger partial charge is 0.494 e. The molecule has 1 fully saturated rings. The van der Waals surface area contributed by atoms with Crippen LogP contribution in [0, 0.1) is 0 Å². The SMILES string of the molecule is CCOc1ccc(NC(=O)C2CC(=O)N(Cc3ccccc3)C(=Nc3ccc(OC(F)(F)Cl)cc3)S2)cc1. The monoisotopic (exact) mass is 559 g/mol. The third kappa shape index (κ3) is 7.69. The second kappa shape index (κ2) is 12.3. The average Bonchev–Trinajstić information content (AvgIpc) is 2.88. The number of carbonyl (C=O) groups excluding carboxylic acids is 2. The molecule has 38 heavy (non-hydrogen) atoms. The molecule has 1 heterocycles. The molecule has 1 saturated heterocycles. The third-order valence-electron chi connectivity index (χ3n) is 5.34. The van der Waals surface area contributed by atoms with E-state index in [9.17, 15) is 18.4 Å². The molecule has 3 aromatic carbocycles. The lowest BCUT2D eigenvalue weighted by atomic mass is 10.2. The Morgan fingerprint density at radius 3 is 2.37 bits per heavy atom. The molecule has 0 aromatic heterocycles. The fourth-order valence-electron chi connectivity index (χ4n) is 3.62. The van der Waals surface area contributed by atoms with Crippen molar-refractivity contribution in [2.75, 3.05) is 11.9 Å². The van der Waals surface area contributed by atoms with Crippen LogP contribution in [0.1, 0.15) is 18.9 Å². The summed E-state index contributed by atoms with van der Waals surface area (Å²) in [4.78, 5) is 32.4. The summed E-state index contributed by atoms with van der Waals surface area (Å²) in [6.07, 6.45) is -0.0169. The molecule has 1 N–H and O–H groups in total. The van der Waals surface area contributed by atoms with E-state index in [0.29, 0.717) is 28.9 Å². The highest BCUT2D eigenvalue weighted by Crippen LogP contribution is 2.32. The van der Waals surface area contributed by atoms with Gasteiger partial charge in [-0.1, -0.05) is 42.1 Å². The van der Waals surface area contributed by atoms with Gasteiger partial charge in [0.15, 0.2) is 5.17 Å². The number of benzene rings is 3. The highest BCUT2D eigenvalue weighted by Gasteiger charge is 2.36. The first kappa shape index (κ1) is 27.4. The summed E-state index contributed by atoms with van der Waals surface area (Å²) in [5.74, 6) is -0.0625. The van der Waals surface area contributed by atoms with E-state index >= 15 is 0 Å². The Labute approximate surface area is 227 Å². The molecule has 1 unspecified atom stereocenters. The van der Waals surface area contributed by atoms with Gasteiger partial charge in [-0.25, -0.2) is 4.99 Å². The molecule has 1 atom stereocenters. The van der Waals surface area contributed by atoms with Crippen molar-refractivity contribution in [1.82, 2.24) is 4.90 Å². The number of nitrogens with zero attached hydrogens (tertiary/aromatic N) is 2. The lowest BCUT2D eigenvalue weighted by Gasteiger charge is -2.32. The summed E-state index contributed by atoms with van der Waals surface area (Å²) in [6.45, 7) is 2.68. The molecule has 1 aliphatic rings. The van der Waals surface area contributed by atoms with Crippen LogP contribution in [0.5, 0.6) is 11.5 Å². The second-order valence-corrected chi connectivity index (χ2v) is 9.77. The zero-order valence-corrected chi connectivity index (χ0v) is 21.8. The van der Waals surface area contributed by atoms with Crippen LogP contribution in [0.2, 0.25) is 0 Å². The molecular formula is C27H24ClF2N3O4S. The number of thioether (sulfide) groups is 1. The van der Waals surface area contributed by atoms with Gasteiger partial charge in [0.25, 0.3) is 0 Å². The first-order chi connectivity index (χ1) is 18.2. The average molecular weight is 560 g/mol. The maximum Gasteiger partial charge on any atom is 0.487 e. The number of nitrogens with one attached hydrogen (secondary N) is 1. The van der Waals surface area contributed by atoms with Crippen molar-refractivity contribution in [1.29, 1.82) is 0 Å². The van der Waals surface area contributed by atoms with Crippen LogP contribution in [0.15, 0.2) is 83.9 Å². The first-order valence-corrected chi connectivity index (χ1v) is 12.9. The number of alkyl halides is 3. The maximum atomic E-state index is 13.2. The number of rotatable bonds is 9. The highest BCUT2D eigenvalue weighted by atomic mass is 35.5. The van der Waals surface area contributed by atoms with Crippen molar-refractivity contribution in [2.45, 2.75) is 30.7 Å². The van der Waals surface area contributed by atoms with E-state index in [2.05, 4.69) is 15.0 Å². The van der Waals surface area contributed by atoms with Crippen molar-refractivity contribution in [3.05, 3.63) is 84.4 Å². The Hall–Kier alpha value is -3.63. The Morgan fingerprint density at radius 2 is 1.74 bits per heavy atom. The fraction of sp³-hybridized carbons (Fsp3) is 0.222. The zero-order chi connectivity index (χ0) is 27.1. The molecule has 7 nitrogen and oxygen atoms in total. The number of halogens is 3. The van der Waals surface area contributed by atoms with Gasteiger partial charge in [-0.3, -0.25) is 14.5 Å². The molecule has 2 amide bonds. The van der Waals surface area contributed by atoms with Crippen molar-refractivity contribution < 1.29 is 27.8 Å². The van der Waals surface area contributed by atoms with Crippen LogP contribution in [0.3, 0.4) is 0 Å². The van der Waals surface area contributed by atoms with Crippen LogP contribution in [0.25, 0.3) is 0 Å². The van der Waals surface area contributed by atoms with E-state index in [0.717, 1.165) is 17.3 Å². The number of hydrogen-bond donors (Lipinski definition) is 1. The number of anilines is 1. The van der Waals surface area contributed by atoms with E-state index in [1.807, 2.05) is 37.3 Å². The van der Waals surface area contributed by atoms with Crippen LogP contribution in [-0.4, -0.2) is 39.3 Å². The predicted molar refractivity (Wildman–Crippen MR) is 144 cm³/mol. The number of amidine groups is 1. The second-order valence-electron chi connectivity index (χ2n) is 8.16. The van der Waals surface area contributed by atoms with Gasteiger partial charge in [0.1, 0.15) is 16.7 Å². The topological polar surface area (TPSA) is 80.2 Å². The van der Waals surface area contributed by atoms with Crippen LogP contribution >= 0.6 is 23.4 Å². The van der Waals surface area contributed by atoms with Gasteiger partial charge < -0.3 is 14.8 Å². The number of amides is 2. The standard InChI is InChI=1S/C27H24ClF2N3O4S/c1-2-36-21-12-8-19(9-13-21)31-25(35)23-16-24(34)33(17-18-6-4-3-5-7-18)26(38-23)32-20-10-14-22(15-11-20)37-27(28,29)30/h3-15,23H,2,16-17H2,1H3,(H,31,35). The van der Waals surface area contributed by atoms with E-state index in [4.69, 9.17) is 16.3 Å². The smallest absolute Gasteiger partial charge is 0.487 e. The summed E-state index contributed by atoms with van der Waals surface area (Å²) in [7, 11) is 0. The van der Waals surface area contributed by atoms with E-state index in [1.165, 1.54) is 29.2 Å². The van der Waals surface area contributed by atoms with Gasteiger partial charge in [0, 0.05) is 23.7 Å². The quantitative estimate of drug-likeness (QED) is 0.306. The van der Waals surface area contributed by atoms with Gasteiger partial charge in [0.2, 0.25) is 11.8 Å². The van der Waals surface area contributed by atoms with Crippen LogP contribution < -0.4 is 14.8 Å². The molecule has 0 spiro atoms. The zero-order valence-electron chi connectivity index (χ0n) is 20.3. The van der Waals surface area contributed by atoms with Crippen LogP contribution in [-0.2, 0) is 16.1 Å². The fourth-order valence-corrected chi connectivity index (χ4v) is 4.81. The predicted octanol–water partition coefficient (Wildman–Crippen LogP) is 6.41. The van der Waals surface area contributed by atoms with E-state index < -0.39 is 10.8 Å². The number of carbonyl (C=O) groups is 2. The van der Waals surface area contributed by atoms with Crippen molar-refractivity contribution in [2.24, 2.45) is 4.99 Å². The summed E-state index contributed by atoms with van der Waals surface area (Å²) in [5.41, 5.74) is -1.99. The number of aliphatic imine (C=N–C) groups is 1. The third-order valence-corrected chi connectivity index (χ3v) is 6.61. The summed E-state index contributed by atoms with van der Waals surface area (Å²) in [5, 5.41) is 2.43. The van der Waals surface area contributed by atoms with Gasteiger partial charge in [-0.05, 0) is 61.0 Å². The summed E-state index contributed by atoms with van der Waals surface area (Å²) in [6, 6.07) is 21.8. The molecule has 198 valence electrons. The Morgan fingerprint density at radius 1 is 1.08 bits per heavy atom. The van der Waals surface area contributed by atoms with Crippen molar-refractivity contribution in [3.63, 3.8) is 0 Å². The Balaban J connectivity index is 1.55. The summed E-state index contributed by atoms with van der Waals surface area (Å²) < 4.78 is 35.6. The maximum absolute atomic E-state index is 13.2. The normalized spacial score (nSPS) is 16.8. The van der Waals surface area contributed by atoms with Gasteiger partial charge in [-0.15, -0.1) is 8.78 Å². The lowest BCUT2D eigenvalue weighted by Crippen LogP contribution is -2.44. The van der Waals surface area contributed by atoms with Crippen LogP contribution in [0.4, 0.5) is 20.2 Å². The van der Waals surface area contributed by atoms with Gasteiger partial charge in [0.05, 0.1) is 18.8 Å². The number of ether oxygens (including phenoxy) is 2. The molecule has 4 rings (SSSR count). The number of hydrogen-bond acceptors (Lipinski definition) is 6. The Bertz CT molecular complexity index is 1290. The van der Waals surface area contributed by atoms with Gasteiger partial charge in [-0.2, -0.15) is 0 Å². The van der Waals surface area contributed by atoms with E-state index in [1.54, 1.807) is 24.3 Å². The lowest BCUT2D eigenvalue weighted by molar-refractivity contribution is -0.129. The van der Waals surface area contributed by atoms with Crippen molar-refractivity contribution in [3.8, 4) is 11.5 Å². The highest BCUT2D eigenvalue weighted by molar-refractivity contribution is 8.15. The minimum Gasteiger partial charge on any atom is -0.494 e. The Kier molecular flexibility index (Phi) is 8.85. The van der Waals surface area contributed by atoms with Gasteiger partial charge >= 0.3 is 5.57 Å². The molecule has 0 saturated carbocycles. The van der Waals surface area contributed by atoms with Crippen molar-refractivity contribution >= 4 is 51.7 Å². The molecule has 11 heteroatoms. The molecule has 3 aromatic rings. The molecule has 0 bridgehead atoms. The molecule has 1 aliphatic heterocycles. The molecular weight excluding hydrogens is 536 g/mol. The molecule has 0 aliphatic carbocycles. The minimum absolute atomic E-state index is 0.0169. The summed E-state index contributed by atoms with van der Waals surface area (Å²) >= 11 is 5.98. The van der Waals surface area contributed by atoms with E-state index in [-0.39, 0.29) is 30.5 Å². The molecule has 0 radical (unpaired) electrons.